The highest BCUT2D eigenvalue weighted by molar-refractivity contribution is 5.85. The number of rotatable bonds is 3. The van der Waals surface area contributed by atoms with Crippen molar-refractivity contribution >= 4 is 24.8 Å². The smallest absolute Gasteiger partial charge is 0.314 e. The molecule has 0 spiro atoms. The summed E-state index contributed by atoms with van der Waals surface area (Å²) in [5, 5.41) is 2.96. The molecule has 1 aliphatic heterocycles. The zero-order valence-corrected chi connectivity index (χ0v) is 13.4. The van der Waals surface area contributed by atoms with Crippen LogP contribution in [-0.2, 0) is 0 Å². The largest absolute Gasteiger partial charge is 0.390 e. The molecule has 1 fully saturated rings. The Labute approximate surface area is 142 Å². The van der Waals surface area contributed by atoms with Gasteiger partial charge in [0.2, 0.25) is 0 Å². The Balaban J connectivity index is 0.00000242. The first kappa shape index (κ1) is 22.3. The number of alkyl halides is 3. The minimum Gasteiger partial charge on any atom is -0.314 e. The molecule has 1 atom stereocenters. The SMILES string of the molecule is Cl.Cl.Fc1cc(F)c(F)c([C@H](CC(F)(F)F)N2CCNCC2)c1. The minimum absolute atomic E-state index is 0. The molecular formula is C13H16Cl2F6N2. The van der Waals surface area contributed by atoms with Gasteiger partial charge < -0.3 is 5.32 Å². The number of nitrogens with one attached hydrogen (secondary N) is 1. The molecule has 1 aliphatic rings. The summed E-state index contributed by atoms with van der Waals surface area (Å²) in [4.78, 5) is 1.39. The van der Waals surface area contributed by atoms with E-state index in [0.717, 1.165) is 0 Å². The van der Waals surface area contributed by atoms with Gasteiger partial charge in [-0.3, -0.25) is 4.90 Å². The number of hydrogen-bond donors (Lipinski definition) is 1. The van der Waals surface area contributed by atoms with Gasteiger partial charge in [-0.1, -0.05) is 0 Å². The van der Waals surface area contributed by atoms with Crippen molar-refractivity contribution in [3.8, 4) is 0 Å². The van der Waals surface area contributed by atoms with E-state index in [4.69, 9.17) is 0 Å². The van der Waals surface area contributed by atoms with Gasteiger partial charge in [0.05, 0.1) is 6.42 Å². The second-order valence-corrected chi connectivity index (χ2v) is 4.91. The molecule has 134 valence electrons. The van der Waals surface area contributed by atoms with Crippen LogP contribution in [0.3, 0.4) is 0 Å². The number of halogens is 8. The van der Waals surface area contributed by atoms with Crippen molar-refractivity contribution in [2.45, 2.75) is 18.6 Å². The maximum absolute atomic E-state index is 13.8. The van der Waals surface area contributed by atoms with Crippen molar-refractivity contribution in [1.82, 2.24) is 10.2 Å². The lowest BCUT2D eigenvalue weighted by atomic mass is 9.99. The van der Waals surface area contributed by atoms with Crippen LogP contribution in [0.1, 0.15) is 18.0 Å². The molecule has 1 aromatic rings. The van der Waals surface area contributed by atoms with Gasteiger partial charge in [0.1, 0.15) is 5.82 Å². The molecule has 0 unspecified atom stereocenters. The van der Waals surface area contributed by atoms with E-state index < -0.39 is 41.7 Å². The maximum atomic E-state index is 13.8. The van der Waals surface area contributed by atoms with Crippen LogP contribution >= 0.6 is 24.8 Å². The highest BCUT2D eigenvalue weighted by Gasteiger charge is 2.37. The average molecular weight is 385 g/mol. The van der Waals surface area contributed by atoms with Gasteiger partial charge in [-0.05, 0) is 6.07 Å². The van der Waals surface area contributed by atoms with E-state index in [0.29, 0.717) is 25.2 Å². The topological polar surface area (TPSA) is 15.3 Å². The summed E-state index contributed by atoms with van der Waals surface area (Å²) >= 11 is 0. The summed E-state index contributed by atoms with van der Waals surface area (Å²) < 4.78 is 78.5. The van der Waals surface area contributed by atoms with Crippen molar-refractivity contribution in [2.24, 2.45) is 0 Å². The fraction of sp³-hybridized carbons (Fsp3) is 0.538. The quantitative estimate of drug-likeness (QED) is 0.628. The standard InChI is InChI=1S/C13H14F6N2.2ClH/c14-8-5-9(12(16)10(15)6-8)11(7-13(17,18)19)21-3-1-20-2-4-21;;/h5-6,11,20H,1-4,7H2;2*1H/t11-;;/m0../s1. The van der Waals surface area contributed by atoms with Crippen LogP contribution in [0, 0.1) is 17.5 Å². The van der Waals surface area contributed by atoms with E-state index in [2.05, 4.69) is 5.32 Å². The highest BCUT2D eigenvalue weighted by Crippen LogP contribution is 2.36. The van der Waals surface area contributed by atoms with Crippen LogP contribution in [0.5, 0.6) is 0 Å². The van der Waals surface area contributed by atoms with E-state index in [1.54, 1.807) is 0 Å². The average Bonchev–Trinajstić information content (AvgIpc) is 2.40. The molecule has 23 heavy (non-hydrogen) atoms. The molecule has 1 aromatic carbocycles. The molecule has 0 aromatic heterocycles. The Hall–Kier alpha value is -0.700. The Morgan fingerprint density at radius 1 is 1.04 bits per heavy atom. The summed E-state index contributed by atoms with van der Waals surface area (Å²) in [5.41, 5.74) is -0.591. The Kier molecular flexibility index (Phi) is 8.69. The predicted octanol–water partition coefficient (Wildman–Crippen LogP) is 3.85. The third-order valence-electron chi connectivity index (χ3n) is 3.40. The number of piperazine rings is 1. The zero-order valence-electron chi connectivity index (χ0n) is 11.8. The summed E-state index contributed by atoms with van der Waals surface area (Å²) in [6.07, 6.45) is -5.92. The van der Waals surface area contributed by atoms with Crippen molar-refractivity contribution < 1.29 is 26.3 Å². The maximum Gasteiger partial charge on any atom is 0.390 e. The van der Waals surface area contributed by atoms with Crippen LogP contribution in [0.2, 0.25) is 0 Å². The molecule has 0 bridgehead atoms. The third kappa shape index (κ3) is 6.02. The molecule has 2 rings (SSSR count). The van der Waals surface area contributed by atoms with Crippen LogP contribution < -0.4 is 5.32 Å². The van der Waals surface area contributed by atoms with Crippen molar-refractivity contribution in [3.05, 3.63) is 35.1 Å². The van der Waals surface area contributed by atoms with Gasteiger partial charge >= 0.3 is 6.18 Å². The lowest BCUT2D eigenvalue weighted by Gasteiger charge is -2.35. The summed E-state index contributed by atoms with van der Waals surface area (Å²) in [6.45, 7) is 1.37. The summed E-state index contributed by atoms with van der Waals surface area (Å²) in [7, 11) is 0. The lowest BCUT2D eigenvalue weighted by Crippen LogP contribution is -2.46. The van der Waals surface area contributed by atoms with Gasteiger partial charge in [0, 0.05) is 43.9 Å². The van der Waals surface area contributed by atoms with E-state index in [-0.39, 0.29) is 37.9 Å². The minimum atomic E-state index is -4.56. The normalized spacial score (nSPS) is 17.1. The molecule has 2 nitrogen and oxygen atoms in total. The van der Waals surface area contributed by atoms with Crippen LogP contribution in [-0.4, -0.2) is 37.3 Å². The van der Waals surface area contributed by atoms with Crippen molar-refractivity contribution in [1.29, 1.82) is 0 Å². The highest BCUT2D eigenvalue weighted by atomic mass is 35.5. The van der Waals surface area contributed by atoms with E-state index >= 15 is 0 Å². The van der Waals surface area contributed by atoms with Gasteiger partial charge in [-0.15, -0.1) is 24.8 Å². The molecule has 0 saturated carbocycles. The molecule has 0 aliphatic carbocycles. The summed E-state index contributed by atoms with van der Waals surface area (Å²) in [6, 6.07) is -0.477. The summed E-state index contributed by atoms with van der Waals surface area (Å²) in [5.74, 6) is -4.00. The lowest BCUT2D eigenvalue weighted by molar-refractivity contribution is -0.149. The number of hydrogen-bond acceptors (Lipinski definition) is 2. The predicted molar refractivity (Wildman–Crippen MR) is 78.7 cm³/mol. The Bertz CT molecular complexity index is 506. The molecule has 1 heterocycles. The first-order valence-electron chi connectivity index (χ1n) is 6.44. The molecular weight excluding hydrogens is 369 g/mol. The van der Waals surface area contributed by atoms with Crippen LogP contribution in [0.15, 0.2) is 12.1 Å². The monoisotopic (exact) mass is 384 g/mol. The molecule has 0 radical (unpaired) electrons. The molecule has 10 heteroatoms. The van der Waals surface area contributed by atoms with E-state index in [9.17, 15) is 26.3 Å². The van der Waals surface area contributed by atoms with Gasteiger partial charge in [-0.2, -0.15) is 13.2 Å². The molecule has 1 saturated heterocycles. The fourth-order valence-corrected chi connectivity index (χ4v) is 2.47. The second-order valence-electron chi connectivity index (χ2n) is 4.91. The van der Waals surface area contributed by atoms with Crippen LogP contribution in [0.4, 0.5) is 26.3 Å². The first-order valence-corrected chi connectivity index (χ1v) is 6.44. The Morgan fingerprint density at radius 3 is 2.13 bits per heavy atom. The van der Waals surface area contributed by atoms with Crippen LogP contribution in [0.25, 0.3) is 0 Å². The first-order chi connectivity index (χ1) is 9.78. The van der Waals surface area contributed by atoms with Crippen molar-refractivity contribution in [2.75, 3.05) is 26.2 Å². The van der Waals surface area contributed by atoms with Gasteiger partial charge in [0.15, 0.2) is 11.6 Å². The van der Waals surface area contributed by atoms with Gasteiger partial charge in [-0.25, -0.2) is 13.2 Å². The van der Waals surface area contributed by atoms with E-state index in [1.807, 2.05) is 0 Å². The van der Waals surface area contributed by atoms with E-state index in [1.165, 1.54) is 4.90 Å². The van der Waals surface area contributed by atoms with Crippen molar-refractivity contribution in [3.63, 3.8) is 0 Å². The Morgan fingerprint density at radius 2 is 1.61 bits per heavy atom. The fourth-order valence-electron chi connectivity index (χ4n) is 2.47. The number of nitrogens with zero attached hydrogens (tertiary/aromatic N) is 1. The van der Waals surface area contributed by atoms with Gasteiger partial charge in [0.25, 0.3) is 0 Å². The third-order valence-corrected chi connectivity index (χ3v) is 3.40. The second kappa shape index (κ2) is 8.96. The molecule has 1 N–H and O–H groups in total. The molecule has 0 amide bonds. The number of benzene rings is 1. The zero-order chi connectivity index (χ0) is 15.6.